The van der Waals surface area contributed by atoms with Crippen LogP contribution in [0.3, 0.4) is 0 Å². The van der Waals surface area contributed by atoms with Gasteiger partial charge in [0.2, 0.25) is 0 Å². The van der Waals surface area contributed by atoms with Gasteiger partial charge in [0.25, 0.3) is 0 Å². The van der Waals surface area contributed by atoms with Gasteiger partial charge in [0.15, 0.2) is 0 Å². The van der Waals surface area contributed by atoms with Crippen molar-refractivity contribution >= 4 is 23.0 Å². The van der Waals surface area contributed by atoms with E-state index in [-0.39, 0.29) is 0 Å². The van der Waals surface area contributed by atoms with Crippen molar-refractivity contribution in [2.75, 3.05) is 41.3 Å². The van der Waals surface area contributed by atoms with Crippen molar-refractivity contribution in [3.8, 4) is 0 Å². The Kier molecular flexibility index (Phi) is 14.9. The molecule has 0 radical (unpaired) electrons. The van der Waals surface area contributed by atoms with Crippen molar-refractivity contribution in [3.63, 3.8) is 0 Å². The van der Waals surface area contributed by atoms with E-state index in [0.717, 1.165) is 49.2 Å². The molecule has 2 rings (SSSR count). The largest absolute Gasteiger partial charge is 0.357 e. The van der Waals surface area contributed by atoms with Gasteiger partial charge >= 0.3 is 0 Å². The SMILES string of the molecule is CCCCCN(CCCCC)c1ccc(Nc2ccc(N(CCCCC)CCCCC)nc2)cn1. The average Bonchev–Trinajstić information content (AvgIpc) is 2.88. The van der Waals surface area contributed by atoms with Gasteiger partial charge in [-0.1, -0.05) is 79.1 Å². The summed E-state index contributed by atoms with van der Waals surface area (Å²) in [5, 5.41) is 3.48. The van der Waals surface area contributed by atoms with Crippen LogP contribution >= 0.6 is 0 Å². The molecule has 0 amide bonds. The number of rotatable bonds is 20. The van der Waals surface area contributed by atoms with Crippen LogP contribution < -0.4 is 15.1 Å². The zero-order valence-corrected chi connectivity index (χ0v) is 23.1. The van der Waals surface area contributed by atoms with Gasteiger partial charge in [-0.15, -0.1) is 0 Å². The third-order valence-corrected chi connectivity index (χ3v) is 6.56. The Hall–Kier alpha value is -2.30. The molecule has 0 unspecified atom stereocenters. The van der Waals surface area contributed by atoms with Crippen molar-refractivity contribution in [1.29, 1.82) is 0 Å². The highest BCUT2D eigenvalue weighted by Gasteiger charge is 2.10. The zero-order chi connectivity index (χ0) is 25.1. The highest BCUT2D eigenvalue weighted by Crippen LogP contribution is 2.22. The molecule has 0 aliphatic heterocycles. The summed E-state index contributed by atoms with van der Waals surface area (Å²) in [6.07, 6.45) is 19.0. The van der Waals surface area contributed by atoms with Crippen LogP contribution in [0.5, 0.6) is 0 Å². The minimum absolute atomic E-state index is 1.01. The Morgan fingerprint density at radius 3 is 1.11 bits per heavy atom. The van der Waals surface area contributed by atoms with Crippen molar-refractivity contribution in [2.45, 2.75) is 105 Å². The third-order valence-electron chi connectivity index (χ3n) is 6.56. The standard InChI is InChI=1S/C30H51N5/c1-5-9-13-21-34(22-14-10-6-2)29-19-17-27(25-31-29)33-28-18-20-30(32-26-28)35(23-15-11-7-3)24-16-12-8-4/h17-20,25-26,33H,5-16,21-24H2,1-4H3. The molecule has 0 bridgehead atoms. The fourth-order valence-corrected chi connectivity index (χ4v) is 4.35. The van der Waals surface area contributed by atoms with Gasteiger partial charge in [0, 0.05) is 26.2 Å². The Morgan fingerprint density at radius 2 is 0.857 bits per heavy atom. The lowest BCUT2D eigenvalue weighted by Gasteiger charge is -2.24. The molecule has 2 heterocycles. The van der Waals surface area contributed by atoms with E-state index in [4.69, 9.17) is 9.97 Å². The second-order valence-corrected chi connectivity index (χ2v) is 9.74. The summed E-state index contributed by atoms with van der Waals surface area (Å²) in [6.45, 7) is 13.4. The molecule has 0 saturated carbocycles. The van der Waals surface area contributed by atoms with Gasteiger partial charge in [-0.05, 0) is 49.9 Å². The van der Waals surface area contributed by atoms with E-state index in [2.05, 4.69) is 67.1 Å². The number of nitrogens with one attached hydrogen (secondary N) is 1. The summed E-state index contributed by atoms with van der Waals surface area (Å²) in [5.41, 5.74) is 2.02. The maximum atomic E-state index is 4.80. The molecule has 0 saturated heterocycles. The predicted molar refractivity (Wildman–Crippen MR) is 154 cm³/mol. The number of anilines is 4. The molecule has 0 aliphatic rings. The molecule has 0 atom stereocenters. The van der Waals surface area contributed by atoms with Crippen LogP contribution in [-0.2, 0) is 0 Å². The van der Waals surface area contributed by atoms with E-state index < -0.39 is 0 Å². The minimum atomic E-state index is 1.01. The van der Waals surface area contributed by atoms with Gasteiger partial charge in [0.1, 0.15) is 11.6 Å². The molecule has 2 aromatic heterocycles. The van der Waals surface area contributed by atoms with Crippen LogP contribution in [-0.4, -0.2) is 36.1 Å². The van der Waals surface area contributed by atoms with E-state index in [9.17, 15) is 0 Å². The fraction of sp³-hybridized carbons (Fsp3) is 0.667. The number of unbranched alkanes of at least 4 members (excludes halogenated alkanes) is 8. The lowest BCUT2D eigenvalue weighted by atomic mass is 10.2. The molecule has 1 N–H and O–H groups in total. The first-order valence-electron chi connectivity index (χ1n) is 14.4. The number of pyridine rings is 2. The molecular formula is C30H51N5. The summed E-state index contributed by atoms with van der Waals surface area (Å²) in [4.78, 5) is 14.5. The summed E-state index contributed by atoms with van der Waals surface area (Å²) in [7, 11) is 0. The summed E-state index contributed by atoms with van der Waals surface area (Å²) in [6, 6.07) is 8.60. The summed E-state index contributed by atoms with van der Waals surface area (Å²) < 4.78 is 0. The van der Waals surface area contributed by atoms with Crippen molar-refractivity contribution < 1.29 is 0 Å². The van der Waals surface area contributed by atoms with E-state index >= 15 is 0 Å². The smallest absolute Gasteiger partial charge is 0.128 e. The van der Waals surface area contributed by atoms with Gasteiger partial charge in [-0.3, -0.25) is 0 Å². The second-order valence-electron chi connectivity index (χ2n) is 9.74. The topological polar surface area (TPSA) is 44.3 Å². The Bertz CT molecular complexity index is 674. The molecule has 0 spiro atoms. The molecule has 0 aromatic carbocycles. The van der Waals surface area contributed by atoms with Crippen molar-refractivity contribution in [3.05, 3.63) is 36.7 Å². The Balaban J connectivity index is 1.98. The average molecular weight is 482 g/mol. The van der Waals surface area contributed by atoms with E-state index in [0.29, 0.717) is 0 Å². The van der Waals surface area contributed by atoms with Gasteiger partial charge in [-0.2, -0.15) is 0 Å². The predicted octanol–water partition coefficient (Wildman–Crippen LogP) is 8.59. The summed E-state index contributed by atoms with van der Waals surface area (Å²) in [5.74, 6) is 2.18. The molecule has 2 aromatic rings. The number of aromatic nitrogens is 2. The molecule has 5 nitrogen and oxygen atoms in total. The molecule has 35 heavy (non-hydrogen) atoms. The normalized spacial score (nSPS) is 11.0. The minimum Gasteiger partial charge on any atom is -0.357 e. The maximum absolute atomic E-state index is 4.80. The highest BCUT2D eigenvalue weighted by atomic mass is 15.2. The molecule has 0 aliphatic carbocycles. The van der Waals surface area contributed by atoms with E-state index in [1.165, 1.54) is 77.0 Å². The third kappa shape index (κ3) is 11.3. The van der Waals surface area contributed by atoms with Crippen molar-refractivity contribution in [2.24, 2.45) is 0 Å². The molecule has 5 heteroatoms. The lowest BCUT2D eigenvalue weighted by molar-refractivity contribution is 0.632. The molecule has 0 fully saturated rings. The van der Waals surface area contributed by atoms with Crippen LogP contribution in [0.15, 0.2) is 36.7 Å². The van der Waals surface area contributed by atoms with E-state index in [1.807, 2.05) is 12.4 Å². The lowest BCUT2D eigenvalue weighted by Crippen LogP contribution is -2.26. The van der Waals surface area contributed by atoms with Gasteiger partial charge in [0.05, 0.1) is 23.8 Å². The van der Waals surface area contributed by atoms with Crippen LogP contribution in [0.1, 0.15) is 105 Å². The first kappa shape index (κ1) is 28.9. The maximum Gasteiger partial charge on any atom is 0.128 e. The van der Waals surface area contributed by atoms with Crippen molar-refractivity contribution in [1.82, 2.24) is 9.97 Å². The highest BCUT2D eigenvalue weighted by molar-refractivity contribution is 5.61. The van der Waals surface area contributed by atoms with Crippen LogP contribution in [0.2, 0.25) is 0 Å². The van der Waals surface area contributed by atoms with Crippen LogP contribution in [0.25, 0.3) is 0 Å². The first-order valence-corrected chi connectivity index (χ1v) is 14.4. The zero-order valence-electron chi connectivity index (χ0n) is 23.1. The second kappa shape index (κ2) is 18.0. The van der Waals surface area contributed by atoms with Gasteiger partial charge < -0.3 is 15.1 Å². The molecular weight excluding hydrogens is 430 g/mol. The Labute approximate surface area is 215 Å². The monoisotopic (exact) mass is 481 g/mol. The number of nitrogens with zero attached hydrogens (tertiary/aromatic N) is 4. The first-order chi connectivity index (χ1) is 17.2. The number of hydrogen-bond acceptors (Lipinski definition) is 5. The summed E-state index contributed by atoms with van der Waals surface area (Å²) >= 11 is 0. The van der Waals surface area contributed by atoms with Crippen LogP contribution in [0.4, 0.5) is 23.0 Å². The molecule has 196 valence electrons. The van der Waals surface area contributed by atoms with E-state index in [1.54, 1.807) is 0 Å². The quantitative estimate of drug-likeness (QED) is 0.192. The van der Waals surface area contributed by atoms with Crippen LogP contribution in [0, 0.1) is 0 Å². The van der Waals surface area contributed by atoms with Gasteiger partial charge in [-0.25, -0.2) is 9.97 Å². The number of hydrogen-bond donors (Lipinski definition) is 1. The fourth-order valence-electron chi connectivity index (χ4n) is 4.35. The Morgan fingerprint density at radius 1 is 0.514 bits per heavy atom.